The first-order chi connectivity index (χ1) is 6.25. The molecule has 1 aromatic rings. The molecule has 0 aromatic heterocycles. The molecular weight excluding hydrogens is 277 g/mol. The van der Waals surface area contributed by atoms with Crippen LogP contribution in [-0.4, -0.2) is 11.9 Å². The number of carbonyl (C=O) groups is 1. The van der Waals surface area contributed by atoms with E-state index in [1.165, 1.54) is 0 Å². The normalized spacial score (nSPS) is 15.5. The number of carbonyl (C=O) groups excluding carboxylic acids is 1. The summed E-state index contributed by atoms with van der Waals surface area (Å²) in [4.78, 5) is 11.5. The summed E-state index contributed by atoms with van der Waals surface area (Å²) in [5.74, 6) is 0.0545. The van der Waals surface area contributed by atoms with Gasteiger partial charge in [-0.05, 0) is 59.7 Å². The van der Waals surface area contributed by atoms with Crippen molar-refractivity contribution >= 4 is 28.5 Å². The summed E-state index contributed by atoms with van der Waals surface area (Å²) in [5, 5.41) is 2.95. The first kappa shape index (κ1) is 8.99. The molecule has 1 amide bonds. The average molecular weight is 287 g/mol. The minimum absolute atomic E-state index is 0.0545. The maximum Gasteiger partial charge on any atom is 0.251 e. The van der Waals surface area contributed by atoms with Gasteiger partial charge in [-0.3, -0.25) is 4.79 Å². The molecule has 1 fully saturated rings. The van der Waals surface area contributed by atoms with E-state index in [2.05, 4.69) is 27.9 Å². The number of rotatable bonds is 2. The van der Waals surface area contributed by atoms with E-state index in [9.17, 15) is 4.79 Å². The first-order valence-corrected chi connectivity index (χ1v) is 5.40. The van der Waals surface area contributed by atoms with Crippen molar-refractivity contribution in [2.24, 2.45) is 0 Å². The van der Waals surface area contributed by atoms with Crippen molar-refractivity contribution in [3.05, 3.63) is 33.4 Å². The van der Waals surface area contributed by atoms with Gasteiger partial charge < -0.3 is 5.32 Å². The van der Waals surface area contributed by atoms with E-state index < -0.39 is 0 Å². The monoisotopic (exact) mass is 287 g/mol. The van der Waals surface area contributed by atoms with Crippen molar-refractivity contribution in [3.8, 4) is 0 Å². The molecule has 68 valence electrons. The first-order valence-electron chi connectivity index (χ1n) is 4.32. The Morgan fingerprint density at radius 3 is 2.46 bits per heavy atom. The summed E-state index contributed by atoms with van der Waals surface area (Å²) in [6.07, 6.45) is 2.27. The summed E-state index contributed by atoms with van der Waals surface area (Å²) in [5.41, 5.74) is 0.757. The maximum atomic E-state index is 11.5. The zero-order valence-electron chi connectivity index (χ0n) is 7.09. The third kappa shape index (κ3) is 2.43. The topological polar surface area (TPSA) is 29.1 Å². The van der Waals surface area contributed by atoms with Crippen LogP contribution in [-0.2, 0) is 0 Å². The molecule has 0 atom stereocenters. The Morgan fingerprint density at radius 2 is 1.92 bits per heavy atom. The van der Waals surface area contributed by atoms with Crippen LogP contribution < -0.4 is 5.32 Å². The third-order valence-electron chi connectivity index (χ3n) is 2.02. The van der Waals surface area contributed by atoms with Gasteiger partial charge in [0.05, 0.1) is 0 Å². The molecule has 0 bridgehead atoms. The lowest BCUT2D eigenvalue weighted by Gasteiger charge is -2.02. The van der Waals surface area contributed by atoms with E-state index in [0.717, 1.165) is 22.0 Å². The Bertz CT molecular complexity index is 316. The molecular formula is C10H10INO. The molecule has 1 aliphatic carbocycles. The maximum absolute atomic E-state index is 11.5. The van der Waals surface area contributed by atoms with Gasteiger partial charge in [0.2, 0.25) is 0 Å². The molecule has 1 N–H and O–H groups in total. The number of hydrogen-bond acceptors (Lipinski definition) is 1. The summed E-state index contributed by atoms with van der Waals surface area (Å²) in [6.45, 7) is 0. The average Bonchev–Trinajstić information content (AvgIpc) is 2.89. The van der Waals surface area contributed by atoms with Crippen LogP contribution in [0, 0.1) is 3.57 Å². The van der Waals surface area contributed by atoms with Crippen molar-refractivity contribution in [2.75, 3.05) is 0 Å². The zero-order valence-corrected chi connectivity index (χ0v) is 9.24. The van der Waals surface area contributed by atoms with Gasteiger partial charge >= 0.3 is 0 Å². The Kier molecular flexibility index (Phi) is 2.53. The lowest BCUT2D eigenvalue weighted by atomic mass is 10.2. The zero-order chi connectivity index (χ0) is 9.26. The van der Waals surface area contributed by atoms with Gasteiger partial charge in [0, 0.05) is 15.2 Å². The largest absolute Gasteiger partial charge is 0.349 e. The second-order valence-corrected chi connectivity index (χ2v) is 4.50. The molecule has 1 aromatic carbocycles. The minimum atomic E-state index is 0.0545. The molecule has 0 radical (unpaired) electrons. The van der Waals surface area contributed by atoms with Crippen LogP contribution in [0.5, 0.6) is 0 Å². The summed E-state index contributed by atoms with van der Waals surface area (Å²) in [6, 6.07) is 8.05. The summed E-state index contributed by atoms with van der Waals surface area (Å²) >= 11 is 2.23. The Morgan fingerprint density at radius 1 is 1.31 bits per heavy atom. The van der Waals surface area contributed by atoms with Gasteiger partial charge in [0.25, 0.3) is 5.91 Å². The second kappa shape index (κ2) is 3.65. The predicted molar refractivity (Wildman–Crippen MR) is 59.6 cm³/mol. The van der Waals surface area contributed by atoms with E-state index in [1.807, 2.05) is 24.3 Å². The molecule has 1 saturated carbocycles. The van der Waals surface area contributed by atoms with Gasteiger partial charge in [-0.15, -0.1) is 0 Å². The van der Waals surface area contributed by atoms with Crippen molar-refractivity contribution in [1.29, 1.82) is 0 Å². The number of halogens is 1. The SMILES string of the molecule is O=C(NC1CC1)c1ccc(I)cc1. The Labute approximate surface area is 90.9 Å². The van der Waals surface area contributed by atoms with E-state index >= 15 is 0 Å². The van der Waals surface area contributed by atoms with Crippen LogP contribution in [0.15, 0.2) is 24.3 Å². The summed E-state index contributed by atoms with van der Waals surface area (Å²) in [7, 11) is 0. The molecule has 0 heterocycles. The van der Waals surface area contributed by atoms with Crippen molar-refractivity contribution < 1.29 is 4.79 Å². The third-order valence-corrected chi connectivity index (χ3v) is 2.74. The number of amides is 1. The van der Waals surface area contributed by atoms with Gasteiger partial charge in [0.1, 0.15) is 0 Å². The van der Waals surface area contributed by atoms with Crippen LogP contribution in [0.2, 0.25) is 0 Å². The molecule has 0 aliphatic heterocycles. The van der Waals surface area contributed by atoms with Gasteiger partial charge in [-0.1, -0.05) is 0 Å². The molecule has 2 nitrogen and oxygen atoms in total. The molecule has 3 heteroatoms. The summed E-state index contributed by atoms with van der Waals surface area (Å²) < 4.78 is 1.15. The van der Waals surface area contributed by atoms with Gasteiger partial charge in [0.15, 0.2) is 0 Å². The van der Waals surface area contributed by atoms with Crippen LogP contribution in [0.3, 0.4) is 0 Å². The highest BCUT2D eigenvalue weighted by Gasteiger charge is 2.23. The Balaban J connectivity index is 2.05. The van der Waals surface area contributed by atoms with Crippen molar-refractivity contribution in [2.45, 2.75) is 18.9 Å². The highest BCUT2D eigenvalue weighted by molar-refractivity contribution is 14.1. The highest BCUT2D eigenvalue weighted by Crippen LogP contribution is 2.19. The molecule has 0 unspecified atom stereocenters. The minimum Gasteiger partial charge on any atom is -0.349 e. The van der Waals surface area contributed by atoms with Crippen LogP contribution in [0.1, 0.15) is 23.2 Å². The fourth-order valence-corrected chi connectivity index (χ4v) is 1.46. The smallest absolute Gasteiger partial charge is 0.251 e. The quantitative estimate of drug-likeness (QED) is 0.830. The van der Waals surface area contributed by atoms with Gasteiger partial charge in [-0.2, -0.15) is 0 Å². The predicted octanol–water partition coefficient (Wildman–Crippen LogP) is 2.18. The number of benzene rings is 1. The number of hydrogen-bond donors (Lipinski definition) is 1. The van der Waals surface area contributed by atoms with Crippen LogP contribution in [0.4, 0.5) is 0 Å². The molecule has 13 heavy (non-hydrogen) atoms. The highest BCUT2D eigenvalue weighted by atomic mass is 127. The standard InChI is InChI=1S/C10H10INO/c11-8-3-1-7(2-4-8)10(13)12-9-5-6-9/h1-4,9H,5-6H2,(H,12,13). The molecule has 1 aliphatic rings. The van der Waals surface area contributed by atoms with Gasteiger partial charge in [-0.25, -0.2) is 0 Å². The van der Waals surface area contributed by atoms with Crippen LogP contribution in [0.25, 0.3) is 0 Å². The van der Waals surface area contributed by atoms with E-state index in [-0.39, 0.29) is 5.91 Å². The molecule has 2 rings (SSSR count). The fraction of sp³-hybridized carbons (Fsp3) is 0.300. The number of nitrogens with one attached hydrogen (secondary N) is 1. The lowest BCUT2D eigenvalue weighted by molar-refractivity contribution is 0.0951. The lowest BCUT2D eigenvalue weighted by Crippen LogP contribution is -2.25. The fourth-order valence-electron chi connectivity index (χ4n) is 1.10. The van der Waals surface area contributed by atoms with E-state index in [1.54, 1.807) is 0 Å². The van der Waals surface area contributed by atoms with Crippen molar-refractivity contribution in [3.63, 3.8) is 0 Å². The van der Waals surface area contributed by atoms with Crippen LogP contribution >= 0.6 is 22.6 Å². The van der Waals surface area contributed by atoms with Crippen molar-refractivity contribution in [1.82, 2.24) is 5.32 Å². The van der Waals surface area contributed by atoms with E-state index in [0.29, 0.717) is 6.04 Å². The second-order valence-electron chi connectivity index (χ2n) is 3.25. The molecule has 0 saturated heterocycles. The van der Waals surface area contributed by atoms with E-state index in [4.69, 9.17) is 0 Å². The molecule has 0 spiro atoms. The Hall–Kier alpha value is -0.580.